The molecule has 0 aliphatic carbocycles. The number of imidazole rings is 1. The molecule has 1 atom stereocenters. The number of aromatic nitrogens is 2. The Morgan fingerprint density at radius 1 is 1.64 bits per heavy atom. The summed E-state index contributed by atoms with van der Waals surface area (Å²) in [7, 11) is 0. The Kier molecular flexibility index (Phi) is 3.06. The van der Waals surface area contributed by atoms with Crippen molar-refractivity contribution in [3.05, 3.63) is 18.2 Å². The largest absolute Gasteiger partial charge is 0.329 e. The first-order valence-electron chi connectivity index (χ1n) is 4.87. The van der Waals surface area contributed by atoms with E-state index in [1.807, 2.05) is 18.4 Å². The zero-order chi connectivity index (χ0) is 10.8. The predicted octanol–water partition coefficient (Wildman–Crippen LogP) is 1.21. The van der Waals surface area contributed by atoms with Gasteiger partial charge < -0.3 is 10.3 Å². The summed E-state index contributed by atoms with van der Waals surface area (Å²) in [5.41, 5.74) is 5.06. The lowest BCUT2D eigenvalue weighted by molar-refractivity contribution is 0.0882. The van der Waals surface area contributed by atoms with Gasteiger partial charge in [-0.3, -0.25) is 4.79 Å². The summed E-state index contributed by atoms with van der Waals surface area (Å²) >= 11 is 0. The summed E-state index contributed by atoms with van der Waals surface area (Å²) in [6.45, 7) is 6.35. The predicted molar refractivity (Wildman–Crippen MR) is 55.1 cm³/mol. The fourth-order valence-corrected chi connectivity index (χ4v) is 1.19. The molecule has 78 valence electrons. The molecular weight excluding hydrogens is 178 g/mol. The maximum atomic E-state index is 11.9. The topological polar surface area (TPSA) is 60.9 Å². The van der Waals surface area contributed by atoms with Crippen LogP contribution in [-0.2, 0) is 6.54 Å². The Morgan fingerprint density at radius 3 is 2.79 bits per heavy atom. The Bertz CT molecular complexity index is 328. The molecular formula is C10H17N3O. The summed E-state index contributed by atoms with van der Waals surface area (Å²) in [5, 5.41) is 0. The van der Waals surface area contributed by atoms with Gasteiger partial charge in [0.15, 0.2) is 5.82 Å². The number of Topliss-reactive ketones (excluding diaryl/α,β-unsaturated/α-hetero) is 1. The van der Waals surface area contributed by atoms with Crippen LogP contribution in [0.25, 0.3) is 0 Å². The number of carbonyl (C=O) groups is 1. The van der Waals surface area contributed by atoms with Crippen LogP contribution in [0.5, 0.6) is 0 Å². The van der Waals surface area contributed by atoms with E-state index in [0.717, 1.165) is 6.54 Å². The van der Waals surface area contributed by atoms with Crippen LogP contribution in [0.3, 0.4) is 0 Å². The fraction of sp³-hybridized carbons (Fsp3) is 0.600. The molecule has 0 saturated heterocycles. The van der Waals surface area contributed by atoms with Crippen LogP contribution in [0.2, 0.25) is 0 Å². The number of ketones is 1. The van der Waals surface area contributed by atoms with Crippen LogP contribution in [-0.4, -0.2) is 20.9 Å². The molecule has 0 aliphatic rings. The number of hydrogen-bond donors (Lipinski definition) is 1. The maximum absolute atomic E-state index is 11.9. The standard InChI is InChI=1S/C10H17N3O/c1-4-10(3,11)8(14)9-12-6-7-13(9)5-2/h6-7H,4-5,11H2,1-3H3. The second-order valence-corrected chi connectivity index (χ2v) is 3.64. The van der Waals surface area contributed by atoms with E-state index in [-0.39, 0.29) is 5.78 Å². The molecule has 1 heterocycles. The molecule has 1 aromatic heterocycles. The Morgan fingerprint density at radius 2 is 2.29 bits per heavy atom. The fourth-order valence-electron chi connectivity index (χ4n) is 1.19. The first kappa shape index (κ1) is 10.9. The van der Waals surface area contributed by atoms with E-state index in [1.54, 1.807) is 19.3 Å². The van der Waals surface area contributed by atoms with Gasteiger partial charge in [0.1, 0.15) is 0 Å². The van der Waals surface area contributed by atoms with Gasteiger partial charge >= 0.3 is 0 Å². The lowest BCUT2D eigenvalue weighted by Crippen LogP contribution is -2.45. The Hall–Kier alpha value is -1.16. The van der Waals surface area contributed by atoms with E-state index in [4.69, 9.17) is 5.73 Å². The molecule has 1 rings (SSSR count). The Labute approximate surface area is 84.1 Å². The van der Waals surface area contributed by atoms with Gasteiger partial charge in [0.05, 0.1) is 5.54 Å². The van der Waals surface area contributed by atoms with Crippen molar-refractivity contribution in [3.8, 4) is 0 Å². The average molecular weight is 195 g/mol. The van der Waals surface area contributed by atoms with E-state index < -0.39 is 5.54 Å². The smallest absolute Gasteiger partial charge is 0.217 e. The molecule has 2 N–H and O–H groups in total. The molecule has 0 radical (unpaired) electrons. The van der Waals surface area contributed by atoms with E-state index in [2.05, 4.69) is 4.98 Å². The van der Waals surface area contributed by atoms with Crippen molar-refractivity contribution in [1.82, 2.24) is 9.55 Å². The lowest BCUT2D eigenvalue weighted by Gasteiger charge is -2.20. The highest BCUT2D eigenvalue weighted by Gasteiger charge is 2.30. The van der Waals surface area contributed by atoms with E-state index in [9.17, 15) is 4.79 Å². The van der Waals surface area contributed by atoms with Crippen molar-refractivity contribution in [1.29, 1.82) is 0 Å². The van der Waals surface area contributed by atoms with Gasteiger partial charge in [-0.1, -0.05) is 6.92 Å². The number of aryl methyl sites for hydroxylation is 1. The minimum atomic E-state index is -0.807. The highest BCUT2D eigenvalue weighted by molar-refractivity contribution is 6.00. The number of nitrogens with zero attached hydrogens (tertiary/aromatic N) is 2. The van der Waals surface area contributed by atoms with Crippen LogP contribution >= 0.6 is 0 Å². The maximum Gasteiger partial charge on any atom is 0.217 e. The minimum Gasteiger partial charge on any atom is -0.329 e. The van der Waals surface area contributed by atoms with E-state index >= 15 is 0 Å². The first-order valence-corrected chi connectivity index (χ1v) is 4.87. The summed E-state index contributed by atoms with van der Waals surface area (Å²) in [6, 6.07) is 0. The summed E-state index contributed by atoms with van der Waals surface area (Å²) < 4.78 is 1.81. The van der Waals surface area contributed by atoms with Crippen LogP contribution in [0.1, 0.15) is 37.8 Å². The van der Waals surface area contributed by atoms with Gasteiger partial charge in [-0.25, -0.2) is 4.98 Å². The van der Waals surface area contributed by atoms with Gasteiger partial charge in [0.25, 0.3) is 0 Å². The van der Waals surface area contributed by atoms with Crippen molar-refractivity contribution in [2.45, 2.75) is 39.3 Å². The second kappa shape index (κ2) is 3.92. The third-order valence-electron chi connectivity index (χ3n) is 2.51. The third-order valence-corrected chi connectivity index (χ3v) is 2.51. The quantitative estimate of drug-likeness (QED) is 0.735. The SMILES string of the molecule is CCn1ccnc1C(=O)C(C)(N)CC. The van der Waals surface area contributed by atoms with Gasteiger partial charge in [0, 0.05) is 18.9 Å². The van der Waals surface area contributed by atoms with Crippen molar-refractivity contribution in [3.63, 3.8) is 0 Å². The molecule has 0 aliphatic heterocycles. The summed E-state index contributed by atoms with van der Waals surface area (Å²) in [5.74, 6) is 0.367. The molecule has 0 fully saturated rings. The van der Waals surface area contributed by atoms with Crippen LogP contribution in [0, 0.1) is 0 Å². The molecule has 4 heteroatoms. The zero-order valence-corrected chi connectivity index (χ0v) is 8.95. The first-order chi connectivity index (χ1) is 6.53. The molecule has 4 nitrogen and oxygen atoms in total. The molecule has 0 amide bonds. The van der Waals surface area contributed by atoms with E-state index in [1.165, 1.54) is 0 Å². The van der Waals surface area contributed by atoms with Crippen molar-refractivity contribution in [2.24, 2.45) is 5.73 Å². The minimum absolute atomic E-state index is 0.0909. The number of hydrogen-bond acceptors (Lipinski definition) is 3. The molecule has 1 unspecified atom stereocenters. The summed E-state index contributed by atoms with van der Waals surface area (Å²) in [6.07, 6.45) is 4.03. The number of nitrogens with two attached hydrogens (primary N) is 1. The van der Waals surface area contributed by atoms with Gasteiger partial charge in [0.2, 0.25) is 5.78 Å². The second-order valence-electron chi connectivity index (χ2n) is 3.64. The number of rotatable bonds is 4. The highest BCUT2D eigenvalue weighted by Crippen LogP contribution is 2.12. The van der Waals surface area contributed by atoms with E-state index in [0.29, 0.717) is 12.2 Å². The molecule has 0 saturated carbocycles. The van der Waals surface area contributed by atoms with Crippen LogP contribution < -0.4 is 5.73 Å². The zero-order valence-electron chi connectivity index (χ0n) is 8.95. The van der Waals surface area contributed by atoms with Crippen molar-refractivity contribution < 1.29 is 4.79 Å². The van der Waals surface area contributed by atoms with Crippen molar-refractivity contribution >= 4 is 5.78 Å². The molecule has 14 heavy (non-hydrogen) atoms. The third kappa shape index (κ3) is 1.85. The van der Waals surface area contributed by atoms with Gasteiger partial charge in [-0.2, -0.15) is 0 Å². The van der Waals surface area contributed by atoms with Crippen molar-refractivity contribution in [2.75, 3.05) is 0 Å². The molecule has 1 aromatic rings. The van der Waals surface area contributed by atoms with Gasteiger partial charge in [-0.05, 0) is 20.3 Å². The molecule has 0 aromatic carbocycles. The highest BCUT2D eigenvalue weighted by atomic mass is 16.1. The normalized spacial score (nSPS) is 15.1. The average Bonchev–Trinajstić information content (AvgIpc) is 2.64. The monoisotopic (exact) mass is 195 g/mol. The molecule has 0 spiro atoms. The molecule has 0 bridgehead atoms. The summed E-state index contributed by atoms with van der Waals surface area (Å²) in [4.78, 5) is 16.0. The van der Waals surface area contributed by atoms with Gasteiger partial charge in [-0.15, -0.1) is 0 Å². The van der Waals surface area contributed by atoms with Crippen LogP contribution in [0.15, 0.2) is 12.4 Å². The van der Waals surface area contributed by atoms with Crippen LogP contribution in [0.4, 0.5) is 0 Å². The Balaban J connectivity index is 3.00. The number of carbonyl (C=O) groups excluding carboxylic acids is 1. The lowest BCUT2D eigenvalue weighted by atomic mass is 9.94.